The second-order valence-corrected chi connectivity index (χ2v) is 4.46. The van der Waals surface area contributed by atoms with Gasteiger partial charge in [0.05, 0.1) is 11.0 Å². The van der Waals surface area contributed by atoms with Gasteiger partial charge < -0.3 is 5.11 Å². The summed E-state index contributed by atoms with van der Waals surface area (Å²) < 4.78 is 1.46. The molecule has 0 aliphatic carbocycles. The van der Waals surface area contributed by atoms with Gasteiger partial charge in [-0.1, -0.05) is 26.0 Å². The van der Waals surface area contributed by atoms with Crippen molar-refractivity contribution in [2.45, 2.75) is 19.8 Å². The number of carboxylic acid groups (broad SMARTS) is 1. The molecule has 2 rings (SSSR count). The summed E-state index contributed by atoms with van der Waals surface area (Å²) in [6.45, 7) is 3.87. The van der Waals surface area contributed by atoms with Gasteiger partial charge in [-0.15, -0.1) is 0 Å². The Morgan fingerprint density at radius 1 is 1.26 bits per heavy atom. The van der Waals surface area contributed by atoms with Crippen LogP contribution >= 0.6 is 0 Å². The molecule has 0 aliphatic rings. The molecule has 0 fully saturated rings. The molecule has 19 heavy (non-hydrogen) atoms. The molecule has 0 amide bonds. The van der Waals surface area contributed by atoms with E-state index in [2.05, 4.69) is 4.98 Å². The van der Waals surface area contributed by atoms with Crippen LogP contribution in [0.15, 0.2) is 36.4 Å². The predicted molar refractivity (Wildman–Crippen MR) is 71.2 cm³/mol. The maximum atomic E-state index is 12.1. The number of allylic oxidation sites excluding steroid dienone is 1. The largest absolute Gasteiger partial charge is 0.478 e. The molecule has 0 saturated carbocycles. The zero-order valence-electron chi connectivity index (χ0n) is 10.7. The molecule has 0 bridgehead atoms. The normalized spacial score (nSPS) is 11.5. The van der Waals surface area contributed by atoms with E-state index in [-0.39, 0.29) is 5.92 Å². The molecule has 1 N–H and O–H groups in total. The van der Waals surface area contributed by atoms with Crippen LogP contribution < -0.4 is 0 Å². The SMILES string of the molecule is CC(C)c1nc2ccccc2n1C(=O)/C=C\C(=O)O. The molecular weight excluding hydrogens is 244 g/mol. The smallest absolute Gasteiger partial charge is 0.328 e. The fourth-order valence-corrected chi connectivity index (χ4v) is 1.88. The Balaban J connectivity index is 2.59. The molecule has 1 aromatic carbocycles. The van der Waals surface area contributed by atoms with Crippen LogP contribution in [-0.4, -0.2) is 26.5 Å². The Hall–Kier alpha value is -2.43. The fourth-order valence-electron chi connectivity index (χ4n) is 1.88. The highest BCUT2D eigenvalue weighted by molar-refractivity contribution is 6.00. The minimum Gasteiger partial charge on any atom is -0.478 e. The number of aromatic nitrogens is 2. The third-order valence-electron chi connectivity index (χ3n) is 2.69. The van der Waals surface area contributed by atoms with Crippen LogP contribution in [0.3, 0.4) is 0 Å². The van der Waals surface area contributed by atoms with Gasteiger partial charge in [-0.3, -0.25) is 9.36 Å². The topological polar surface area (TPSA) is 72.2 Å². The summed E-state index contributed by atoms with van der Waals surface area (Å²) in [5, 5.41) is 8.59. The molecule has 0 atom stereocenters. The van der Waals surface area contributed by atoms with Crippen LogP contribution in [0.1, 0.15) is 30.4 Å². The maximum absolute atomic E-state index is 12.1. The molecule has 1 aromatic heterocycles. The maximum Gasteiger partial charge on any atom is 0.328 e. The highest BCUT2D eigenvalue weighted by Crippen LogP contribution is 2.21. The first-order chi connectivity index (χ1) is 9.00. The standard InChI is InChI=1S/C14H14N2O3/c1-9(2)14-15-10-5-3-4-6-11(10)16(14)12(17)7-8-13(18)19/h3-9H,1-2H3,(H,18,19)/b8-7-. The molecule has 0 aliphatic heterocycles. The van der Waals surface area contributed by atoms with E-state index in [9.17, 15) is 9.59 Å². The molecule has 0 radical (unpaired) electrons. The van der Waals surface area contributed by atoms with Gasteiger partial charge >= 0.3 is 5.97 Å². The van der Waals surface area contributed by atoms with Crippen molar-refractivity contribution >= 4 is 22.9 Å². The third-order valence-corrected chi connectivity index (χ3v) is 2.69. The van der Waals surface area contributed by atoms with E-state index in [1.54, 1.807) is 6.07 Å². The zero-order chi connectivity index (χ0) is 14.0. The number of fused-ring (bicyclic) bond motifs is 1. The van der Waals surface area contributed by atoms with Crippen LogP contribution in [0.2, 0.25) is 0 Å². The second kappa shape index (κ2) is 5.06. The number of rotatable bonds is 3. The number of aliphatic carboxylic acids is 1. The Morgan fingerprint density at radius 2 is 1.95 bits per heavy atom. The molecule has 5 nitrogen and oxygen atoms in total. The second-order valence-electron chi connectivity index (χ2n) is 4.46. The fraction of sp³-hybridized carbons (Fsp3) is 0.214. The van der Waals surface area contributed by atoms with Gasteiger partial charge in [-0.2, -0.15) is 0 Å². The van der Waals surface area contributed by atoms with E-state index in [1.165, 1.54) is 4.57 Å². The molecule has 0 saturated heterocycles. The lowest BCUT2D eigenvalue weighted by molar-refractivity contribution is -0.131. The number of carbonyl (C=O) groups excluding carboxylic acids is 1. The zero-order valence-corrected chi connectivity index (χ0v) is 10.7. The monoisotopic (exact) mass is 258 g/mol. The minimum atomic E-state index is -1.15. The van der Waals surface area contributed by atoms with E-state index in [1.807, 2.05) is 32.0 Å². The van der Waals surface area contributed by atoms with E-state index in [4.69, 9.17) is 5.11 Å². The van der Waals surface area contributed by atoms with Crippen LogP contribution in [0.4, 0.5) is 0 Å². The number of benzene rings is 1. The van der Waals surface area contributed by atoms with Crippen LogP contribution in [0.25, 0.3) is 11.0 Å². The summed E-state index contributed by atoms with van der Waals surface area (Å²) in [5.41, 5.74) is 1.41. The Morgan fingerprint density at radius 3 is 2.58 bits per heavy atom. The quantitative estimate of drug-likeness (QED) is 0.858. The Kier molecular flexibility index (Phi) is 3.46. The lowest BCUT2D eigenvalue weighted by Crippen LogP contribution is -2.13. The van der Waals surface area contributed by atoms with Gasteiger partial charge in [0.25, 0.3) is 5.91 Å². The number of carbonyl (C=O) groups is 2. The van der Waals surface area contributed by atoms with E-state index < -0.39 is 11.9 Å². The number of imidazole rings is 1. The van der Waals surface area contributed by atoms with Crippen LogP contribution in [0, 0.1) is 0 Å². The first-order valence-electron chi connectivity index (χ1n) is 5.93. The predicted octanol–water partition coefficient (Wildman–Crippen LogP) is 2.44. The number of carboxylic acids is 1. The van der Waals surface area contributed by atoms with Crippen molar-refractivity contribution in [2.75, 3.05) is 0 Å². The van der Waals surface area contributed by atoms with Gasteiger partial charge in [-0.25, -0.2) is 9.78 Å². The average molecular weight is 258 g/mol. The van der Waals surface area contributed by atoms with Crippen molar-refractivity contribution in [1.82, 2.24) is 9.55 Å². The molecule has 0 unspecified atom stereocenters. The summed E-state index contributed by atoms with van der Waals surface area (Å²) >= 11 is 0. The first kappa shape index (κ1) is 13.0. The summed E-state index contributed by atoms with van der Waals surface area (Å²) in [5.74, 6) is -0.862. The number of hydrogen-bond acceptors (Lipinski definition) is 3. The summed E-state index contributed by atoms with van der Waals surface area (Å²) in [6.07, 6.45) is 1.88. The van der Waals surface area contributed by atoms with Crippen molar-refractivity contribution in [3.05, 3.63) is 42.2 Å². The van der Waals surface area contributed by atoms with E-state index in [0.717, 1.165) is 17.7 Å². The molecule has 0 spiro atoms. The Labute approximate surface area is 110 Å². The molecule has 98 valence electrons. The van der Waals surface area contributed by atoms with Gasteiger partial charge in [0.2, 0.25) is 0 Å². The molecule has 5 heteroatoms. The van der Waals surface area contributed by atoms with E-state index in [0.29, 0.717) is 11.3 Å². The van der Waals surface area contributed by atoms with Gasteiger partial charge in [-0.05, 0) is 12.1 Å². The average Bonchev–Trinajstić information content (AvgIpc) is 2.75. The molecule has 2 aromatic rings. The highest BCUT2D eigenvalue weighted by Gasteiger charge is 2.17. The first-order valence-corrected chi connectivity index (χ1v) is 5.93. The summed E-state index contributed by atoms with van der Waals surface area (Å²) in [4.78, 5) is 27.0. The lowest BCUT2D eigenvalue weighted by atomic mass is 10.2. The van der Waals surface area contributed by atoms with Crippen molar-refractivity contribution in [3.8, 4) is 0 Å². The van der Waals surface area contributed by atoms with Crippen molar-refractivity contribution in [2.24, 2.45) is 0 Å². The summed E-state index contributed by atoms with van der Waals surface area (Å²) in [7, 11) is 0. The van der Waals surface area contributed by atoms with Crippen LogP contribution in [-0.2, 0) is 4.79 Å². The number of hydrogen-bond donors (Lipinski definition) is 1. The van der Waals surface area contributed by atoms with Crippen molar-refractivity contribution in [1.29, 1.82) is 0 Å². The molecule has 1 heterocycles. The lowest BCUT2D eigenvalue weighted by Gasteiger charge is -2.07. The highest BCUT2D eigenvalue weighted by atomic mass is 16.4. The van der Waals surface area contributed by atoms with Gasteiger partial charge in [0, 0.05) is 18.1 Å². The van der Waals surface area contributed by atoms with Crippen molar-refractivity contribution in [3.63, 3.8) is 0 Å². The number of para-hydroxylation sites is 2. The summed E-state index contributed by atoms with van der Waals surface area (Å²) in [6, 6.07) is 7.28. The van der Waals surface area contributed by atoms with Crippen molar-refractivity contribution < 1.29 is 14.7 Å². The third kappa shape index (κ3) is 2.54. The minimum absolute atomic E-state index is 0.0644. The number of nitrogens with zero attached hydrogens (tertiary/aromatic N) is 2. The molecular formula is C14H14N2O3. The van der Waals surface area contributed by atoms with E-state index >= 15 is 0 Å². The van der Waals surface area contributed by atoms with Crippen LogP contribution in [0.5, 0.6) is 0 Å². The van der Waals surface area contributed by atoms with Gasteiger partial charge in [0.15, 0.2) is 0 Å². The Bertz CT molecular complexity index is 668. The van der Waals surface area contributed by atoms with Gasteiger partial charge in [0.1, 0.15) is 5.82 Å².